The molecule has 1 N–H and O–H groups in total. The number of rotatable bonds is 6. The van der Waals surface area contributed by atoms with Crippen molar-refractivity contribution in [2.75, 3.05) is 33.1 Å². The van der Waals surface area contributed by atoms with E-state index in [2.05, 4.69) is 17.4 Å². The molecule has 1 aliphatic carbocycles. The quantitative estimate of drug-likeness (QED) is 0.756. The molecule has 0 aliphatic heterocycles. The minimum atomic E-state index is -0.606. The predicted molar refractivity (Wildman–Crippen MR) is 108 cm³/mol. The second kappa shape index (κ2) is 8.87. The first-order valence-corrected chi connectivity index (χ1v) is 9.32. The van der Waals surface area contributed by atoms with E-state index in [0.29, 0.717) is 5.69 Å². The number of aryl methyl sites for hydroxylation is 1. The standard InChI is InChI=1S/C22H24N2O5/c1-24(19-9-8-14-6-4-5-7-18(14)19)13-20(25)23-17-11-15(21(26)28-2)10-16(12-17)22(27)29-3/h4-7,10-12,19H,8-9,13H2,1-3H3,(H,23,25)/t19-/m0/s1. The molecule has 3 rings (SSSR count). The summed E-state index contributed by atoms with van der Waals surface area (Å²) in [6, 6.07) is 12.8. The van der Waals surface area contributed by atoms with Crippen LogP contribution in [-0.2, 0) is 20.7 Å². The van der Waals surface area contributed by atoms with E-state index in [1.54, 1.807) is 0 Å². The molecule has 152 valence electrons. The third kappa shape index (κ3) is 4.63. The van der Waals surface area contributed by atoms with Crippen LogP contribution < -0.4 is 5.32 Å². The molecular weight excluding hydrogens is 372 g/mol. The highest BCUT2D eigenvalue weighted by Crippen LogP contribution is 2.34. The van der Waals surface area contributed by atoms with Crippen LogP contribution in [0.1, 0.15) is 44.3 Å². The van der Waals surface area contributed by atoms with Crippen LogP contribution in [0.2, 0.25) is 0 Å². The van der Waals surface area contributed by atoms with Crippen LogP contribution in [0.4, 0.5) is 5.69 Å². The summed E-state index contributed by atoms with van der Waals surface area (Å²) in [6.45, 7) is 0.176. The monoisotopic (exact) mass is 396 g/mol. The summed E-state index contributed by atoms with van der Waals surface area (Å²) in [6.07, 6.45) is 1.96. The summed E-state index contributed by atoms with van der Waals surface area (Å²) in [5.74, 6) is -1.45. The van der Waals surface area contributed by atoms with E-state index < -0.39 is 11.9 Å². The van der Waals surface area contributed by atoms with Crippen LogP contribution in [0.15, 0.2) is 42.5 Å². The maximum absolute atomic E-state index is 12.6. The van der Waals surface area contributed by atoms with Gasteiger partial charge < -0.3 is 14.8 Å². The van der Waals surface area contributed by atoms with Crippen LogP contribution in [0.25, 0.3) is 0 Å². The molecule has 0 saturated heterocycles. The van der Waals surface area contributed by atoms with Crippen molar-refractivity contribution in [2.24, 2.45) is 0 Å². The zero-order valence-corrected chi connectivity index (χ0v) is 16.7. The molecule has 0 saturated carbocycles. The lowest BCUT2D eigenvalue weighted by Gasteiger charge is -2.24. The molecule has 29 heavy (non-hydrogen) atoms. The molecule has 0 spiro atoms. The van der Waals surface area contributed by atoms with Gasteiger partial charge in [-0.2, -0.15) is 0 Å². The van der Waals surface area contributed by atoms with Gasteiger partial charge in [-0.25, -0.2) is 9.59 Å². The number of nitrogens with zero attached hydrogens (tertiary/aromatic N) is 1. The number of hydrogen-bond donors (Lipinski definition) is 1. The van der Waals surface area contributed by atoms with Crippen molar-refractivity contribution in [1.82, 2.24) is 4.90 Å². The van der Waals surface area contributed by atoms with Gasteiger partial charge in [-0.05, 0) is 49.2 Å². The predicted octanol–water partition coefficient (Wildman–Crippen LogP) is 2.82. The van der Waals surface area contributed by atoms with E-state index in [0.717, 1.165) is 12.8 Å². The lowest BCUT2D eigenvalue weighted by molar-refractivity contribution is -0.117. The molecule has 0 radical (unpaired) electrons. The van der Waals surface area contributed by atoms with Gasteiger partial charge in [0.15, 0.2) is 0 Å². The van der Waals surface area contributed by atoms with Crippen molar-refractivity contribution < 1.29 is 23.9 Å². The third-order valence-electron chi connectivity index (χ3n) is 5.09. The molecule has 0 heterocycles. The highest BCUT2D eigenvalue weighted by atomic mass is 16.5. The number of nitrogens with one attached hydrogen (secondary N) is 1. The fraction of sp³-hybridized carbons (Fsp3) is 0.318. The molecule has 0 aromatic heterocycles. The number of fused-ring (bicyclic) bond motifs is 1. The van der Waals surface area contributed by atoms with Gasteiger partial charge in [0.25, 0.3) is 0 Å². The number of ether oxygens (including phenoxy) is 2. The van der Waals surface area contributed by atoms with Crippen molar-refractivity contribution in [3.8, 4) is 0 Å². The maximum Gasteiger partial charge on any atom is 0.337 e. The number of amides is 1. The number of likely N-dealkylation sites (N-methyl/N-ethyl adjacent to an activating group) is 1. The van der Waals surface area contributed by atoms with Gasteiger partial charge in [0, 0.05) is 11.7 Å². The van der Waals surface area contributed by atoms with Gasteiger partial charge in [-0.1, -0.05) is 24.3 Å². The fourth-order valence-electron chi connectivity index (χ4n) is 3.70. The molecule has 1 amide bonds. The SMILES string of the molecule is COC(=O)c1cc(NC(=O)CN(C)[C@H]2CCc3ccccc32)cc(C(=O)OC)c1. The van der Waals surface area contributed by atoms with Gasteiger partial charge in [-0.15, -0.1) is 0 Å². The molecule has 1 atom stereocenters. The van der Waals surface area contributed by atoms with Gasteiger partial charge in [0.05, 0.1) is 31.9 Å². The van der Waals surface area contributed by atoms with Gasteiger partial charge in [0.2, 0.25) is 5.91 Å². The molecule has 1 aliphatic rings. The Bertz CT molecular complexity index is 906. The number of methoxy groups -OCH3 is 2. The zero-order valence-electron chi connectivity index (χ0n) is 16.7. The van der Waals surface area contributed by atoms with E-state index in [9.17, 15) is 14.4 Å². The van der Waals surface area contributed by atoms with Gasteiger partial charge in [0.1, 0.15) is 0 Å². The molecule has 2 aromatic rings. The Morgan fingerprint density at radius 3 is 2.28 bits per heavy atom. The Morgan fingerprint density at radius 1 is 1.03 bits per heavy atom. The Hall–Kier alpha value is -3.19. The van der Waals surface area contributed by atoms with Crippen LogP contribution in [0.3, 0.4) is 0 Å². The summed E-state index contributed by atoms with van der Waals surface area (Å²) in [4.78, 5) is 38.4. The van der Waals surface area contributed by atoms with Gasteiger partial charge >= 0.3 is 11.9 Å². The lowest BCUT2D eigenvalue weighted by Crippen LogP contribution is -2.32. The molecule has 2 aromatic carbocycles. The number of anilines is 1. The van der Waals surface area contributed by atoms with Crippen LogP contribution in [-0.4, -0.2) is 50.6 Å². The highest BCUT2D eigenvalue weighted by Gasteiger charge is 2.26. The normalized spacial score (nSPS) is 15.0. The van der Waals surface area contributed by atoms with E-state index in [1.807, 2.05) is 24.1 Å². The van der Waals surface area contributed by atoms with Crippen molar-refractivity contribution in [2.45, 2.75) is 18.9 Å². The van der Waals surface area contributed by atoms with E-state index in [4.69, 9.17) is 9.47 Å². The van der Waals surface area contributed by atoms with E-state index >= 15 is 0 Å². The second-order valence-corrected chi connectivity index (χ2v) is 7.00. The Morgan fingerprint density at radius 2 is 1.66 bits per heavy atom. The summed E-state index contributed by atoms with van der Waals surface area (Å²) in [7, 11) is 4.41. The minimum Gasteiger partial charge on any atom is -0.465 e. The van der Waals surface area contributed by atoms with Crippen molar-refractivity contribution in [3.05, 3.63) is 64.7 Å². The Labute approximate surface area is 169 Å². The smallest absolute Gasteiger partial charge is 0.337 e. The highest BCUT2D eigenvalue weighted by molar-refractivity contribution is 5.99. The topological polar surface area (TPSA) is 84.9 Å². The molecule has 7 nitrogen and oxygen atoms in total. The average Bonchev–Trinajstić information content (AvgIpc) is 3.16. The Balaban J connectivity index is 1.73. The Kier molecular flexibility index (Phi) is 6.29. The number of esters is 2. The lowest BCUT2D eigenvalue weighted by atomic mass is 10.1. The van der Waals surface area contributed by atoms with Crippen molar-refractivity contribution in [1.29, 1.82) is 0 Å². The summed E-state index contributed by atoms with van der Waals surface area (Å²) in [5.41, 5.74) is 3.22. The molecule has 0 bridgehead atoms. The first-order valence-electron chi connectivity index (χ1n) is 9.32. The third-order valence-corrected chi connectivity index (χ3v) is 5.09. The van der Waals surface area contributed by atoms with Crippen LogP contribution >= 0.6 is 0 Å². The van der Waals surface area contributed by atoms with Crippen LogP contribution in [0, 0.1) is 0 Å². The number of carbonyl (C=O) groups is 3. The summed E-state index contributed by atoms with van der Waals surface area (Å²) in [5, 5.41) is 2.76. The maximum atomic E-state index is 12.6. The number of carbonyl (C=O) groups excluding carboxylic acids is 3. The zero-order chi connectivity index (χ0) is 21.0. The number of hydrogen-bond acceptors (Lipinski definition) is 6. The summed E-state index contributed by atoms with van der Waals surface area (Å²) < 4.78 is 9.44. The number of benzene rings is 2. The first-order chi connectivity index (χ1) is 13.9. The minimum absolute atomic E-state index is 0.156. The summed E-state index contributed by atoms with van der Waals surface area (Å²) >= 11 is 0. The van der Waals surface area contributed by atoms with E-state index in [-0.39, 0.29) is 29.6 Å². The van der Waals surface area contributed by atoms with Crippen molar-refractivity contribution in [3.63, 3.8) is 0 Å². The molecule has 7 heteroatoms. The molecule has 0 fully saturated rings. The molecule has 0 unspecified atom stereocenters. The largest absolute Gasteiger partial charge is 0.465 e. The first kappa shape index (κ1) is 20.5. The molecular formula is C22H24N2O5. The van der Waals surface area contributed by atoms with Gasteiger partial charge in [-0.3, -0.25) is 9.69 Å². The fourth-order valence-corrected chi connectivity index (χ4v) is 3.70. The van der Waals surface area contributed by atoms with Crippen LogP contribution in [0.5, 0.6) is 0 Å². The van der Waals surface area contributed by atoms with Crippen molar-refractivity contribution >= 4 is 23.5 Å². The average molecular weight is 396 g/mol. The second-order valence-electron chi connectivity index (χ2n) is 7.00. The van der Waals surface area contributed by atoms with E-state index in [1.165, 1.54) is 43.5 Å².